The molecule has 7 heteroatoms. The van der Waals surface area contributed by atoms with E-state index in [1.165, 1.54) is 0 Å². The van der Waals surface area contributed by atoms with Gasteiger partial charge in [0.25, 0.3) is 5.91 Å². The monoisotopic (exact) mass is 454 g/mol. The molecule has 3 aromatic rings. The van der Waals surface area contributed by atoms with Gasteiger partial charge in [-0.15, -0.1) is 0 Å². The molecule has 0 atom stereocenters. The van der Waals surface area contributed by atoms with Gasteiger partial charge in [0.1, 0.15) is 0 Å². The summed E-state index contributed by atoms with van der Waals surface area (Å²) in [5.41, 5.74) is 4.72. The minimum Gasteiger partial charge on any atom is -0.354 e. The summed E-state index contributed by atoms with van der Waals surface area (Å²) >= 11 is 3.32. The Morgan fingerprint density at radius 3 is 2.45 bits per heavy atom. The Morgan fingerprint density at radius 1 is 1.03 bits per heavy atom. The van der Waals surface area contributed by atoms with Crippen molar-refractivity contribution in [2.24, 2.45) is 0 Å². The molecule has 0 bridgehead atoms. The average molecular weight is 455 g/mol. The maximum atomic E-state index is 12.1. The van der Waals surface area contributed by atoms with Gasteiger partial charge in [-0.05, 0) is 62.2 Å². The molecule has 0 aliphatic carbocycles. The highest BCUT2D eigenvalue weighted by molar-refractivity contribution is 9.10. The van der Waals surface area contributed by atoms with Crippen molar-refractivity contribution in [3.63, 3.8) is 0 Å². The summed E-state index contributed by atoms with van der Waals surface area (Å²) in [6.07, 6.45) is 0.711. The summed E-state index contributed by atoms with van der Waals surface area (Å²) in [7, 11) is 0. The summed E-state index contributed by atoms with van der Waals surface area (Å²) in [6.45, 7) is 4.45. The first kappa shape index (κ1) is 20.8. The first-order valence-electron chi connectivity index (χ1n) is 9.35. The number of benzene rings is 2. The second-order valence-electron chi connectivity index (χ2n) is 6.80. The van der Waals surface area contributed by atoms with Crippen LogP contribution in [0.4, 0.5) is 0 Å². The van der Waals surface area contributed by atoms with Crippen molar-refractivity contribution < 1.29 is 9.59 Å². The minimum atomic E-state index is -0.277. The van der Waals surface area contributed by atoms with Gasteiger partial charge in [-0.25, -0.2) is 4.68 Å². The molecule has 1 aromatic heterocycles. The van der Waals surface area contributed by atoms with Crippen LogP contribution in [0.5, 0.6) is 0 Å². The molecule has 3 rings (SSSR count). The molecule has 0 aliphatic rings. The van der Waals surface area contributed by atoms with Crippen molar-refractivity contribution in [1.82, 2.24) is 20.4 Å². The number of carbonyl (C=O) groups is 2. The molecule has 6 nitrogen and oxygen atoms in total. The lowest BCUT2D eigenvalue weighted by Gasteiger charge is -2.09. The van der Waals surface area contributed by atoms with Crippen molar-refractivity contribution in [1.29, 1.82) is 0 Å². The number of hydrogen-bond donors (Lipinski definition) is 2. The van der Waals surface area contributed by atoms with Crippen LogP contribution in [0.25, 0.3) is 5.69 Å². The van der Waals surface area contributed by atoms with Crippen LogP contribution in [0.3, 0.4) is 0 Å². The second-order valence-corrected chi connectivity index (χ2v) is 7.71. The third kappa shape index (κ3) is 5.77. The fourth-order valence-corrected chi connectivity index (χ4v) is 3.39. The highest BCUT2D eigenvalue weighted by Crippen LogP contribution is 2.13. The molecule has 0 fully saturated rings. The van der Waals surface area contributed by atoms with Crippen molar-refractivity contribution in [3.8, 4) is 5.69 Å². The number of rotatable bonds is 7. The van der Waals surface area contributed by atoms with Crippen molar-refractivity contribution in [2.75, 3.05) is 13.1 Å². The lowest BCUT2D eigenvalue weighted by molar-refractivity contribution is -0.120. The number of aryl methyl sites for hydroxylation is 2. The molecule has 150 valence electrons. The van der Waals surface area contributed by atoms with E-state index in [1.807, 2.05) is 54.9 Å². The minimum absolute atomic E-state index is 0.0534. The van der Waals surface area contributed by atoms with E-state index in [9.17, 15) is 9.59 Å². The van der Waals surface area contributed by atoms with Gasteiger partial charge in [0.2, 0.25) is 5.91 Å². The molecule has 0 radical (unpaired) electrons. The SMILES string of the molecule is Cc1cc(C)n(-c2ccc(CCNC(=O)CNC(=O)c3cccc(Br)c3)cc2)n1. The van der Waals surface area contributed by atoms with Crippen LogP contribution in [0.1, 0.15) is 27.3 Å². The molecule has 0 unspecified atom stereocenters. The Hall–Kier alpha value is -2.93. The smallest absolute Gasteiger partial charge is 0.251 e. The lowest BCUT2D eigenvalue weighted by Crippen LogP contribution is -2.37. The molecule has 2 amide bonds. The number of nitrogens with one attached hydrogen (secondary N) is 2. The molecular formula is C22H23BrN4O2. The van der Waals surface area contributed by atoms with Crippen LogP contribution in [0.15, 0.2) is 59.1 Å². The van der Waals surface area contributed by atoms with Gasteiger partial charge in [-0.3, -0.25) is 9.59 Å². The zero-order valence-electron chi connectivity index (χ0n) is 16.4. The van der Waals surface area contributed by atoms with Crippen molar-refractivity contribution >= 4 is 27.7 Å². The fourth-order valence-electron chi connectivity index (χ4n) is 3.00. The molecule has 1 heterocycles. The topological polar surface area (TPSA) is 76.0 Å². The van der Waals surface area contributed by atoms with Gasteiger partial charge >= 0.3 is 0 Å². The van der Waals surface area contributed by atoms with E-state index in [-0.39, 0.29) is 18.4 Å². The molecule has 29 heavy (non-hydrogen) atoms. The first-order valence-corrected chi connectivity index (χ1v) is 10.1. The van der Waals surface area contributed by atoms with E-state index < -0.39 is 0 Å². The average Bonchev–Trinajstić information content (AvgIpc) is 3.04. The number of halogens is 1. The first-order chi connectivity index (χ1) is 13.9. The van der Waals surface area contributed by atoms with E-state index >= 15 is 0 Å². The molecule has 0 spiro atoms. The number of amides is 2. The Labute approximate surface area is 178 Å². The molecule has 0 saturated carbocycles. The van der Waals surface area contributed by atoms with Crippen LogP contribution in [0.2, 0.25) is 0 Å². The fraction of sp³-hybridized carbons (Fsp3) is 0.227. The maximum absolute atomic E-state index is 12.1. The standard InChI is InChI=1S/C22H23BrN4O2/c1-15-12-16(2)27(26-15)20-8-6-17(7-9-20)10-11-24-21(28)14-25-22(29)18-4-3-5-19(23)13-18/h3-9,12-13H,10-11,14H2,1-2H3,(H,24,28)(H,25,29). The van der Waals surface area contributed by atoms with Gasteiger partial charge in [-0.2, -0.15) is 5.10 Å². The third-order valence-electron chi connectivity index (χ3n) is 4.42. The number of hydrogen-bond acceptors (Lipinski definition) is 3. The van der Waals surface area contributed by atoms with Crippen LogP contribution in [0, 0.1) is 13.8 Å². The van der Waals surface area contributed by atoms with Crippen LogP contribution >= 0.6 is 15.9 Å². The van der Waals surface area contributed by atoms with Crippen LogP contribution < -0.4 is 10.6 Å². The normalized spacial score (nSPS) is 10.6. The Morgan fingerprint density at radius 2 is 1.79 bits per heavy atom. The highest BCUT2D eigenvalue weighted by atomic mass is 79.9. The van der Waals surface area contributed by atoms with Gasteiger partial charge in [0.05, 0.1) is 17.9 Å². The highest BCUT2D eigenvalue weighted by Gasteiger charge is 2.08. The molecule has 2 aromatic carbocycles. The Bertz CT molecular complexity index is 1010. The summed E-state index contributed by atoms with van der Waals surface area (Å²) in [4.78, 5) is 24.0. The Kier molecular flexibility index (Phi) is 6.82. The van der Waals surface area contributed by atoms with Crippen LogP contribution in [-0.2, 0) is 11.2 Å². The van der Waals surface area contributed by atoms with Gasteiger partial charge in [-0.1, -0.05) is 34.1 Å². The van der Waals surface area contributed by atoms with Crippen molar-refractivity contribution in [2.45, 2.75) is 20.3 Å². The summed E-state index contributed by atoms with van der Waals surface area (Å²) in [5.74, 6) is -0.492. The lowest BCUT2D eigenvalue weighted by atomic mass is 10.1. The predicted octanol–water partition coefficient (Wildman–Crippen LogP) is 3.34. The van der Waals surface area contributed by atoms with Gasteiger partial charge < -0.3 is 10.6 Å². The van der Waals surface area contributed by atoms with Crippen molar-refractivity contribution in [3.05, 3.63) is 81.6 Å². The zero-order valence-corrected chi connectivity index (χ0v) is 18.0. The van der Waals surface area contributed by atoms with E-state index in [1.54, 1.807) is 18.2 Å². The largest absolute Gasteiger partial charge is 0.354 e. The molecule has 0 saturated heterocycles. The number of nitrogens with zero attached hydrogens (tertiary/aromatic N) is 2. The maximum Gasteiger partial charge on any atom is 0.251 e. The van der Waals surface area contributed by atoms with Crippen LogP contribution in [-0.4, -0.2) is 34.7 Å². The molecule has 2 N–H and O–H groups in total. The third-order valence-corrected chi connectivity index (χ3v) is 4.92. The Balaban J connectivity index is 1.43. The van der Waals surface area contributed by atoms with E-state index in [0.717, 1.165) is 27.1 Å². The predicted molar refractivity (Wildman–Crippen MR) is 116 cm³/mol. The second kappa shape index (κ2) is 9.52. The van der Waals surface area contributed by atoms with E-state index in [4.69, 9.17) is 0 Å². The molecular weight excluding hydrogens is 432 g/mol. The number of aromatic nitrogens is 2. The summed E-state index contributed by atoms with van der Waals surface area (Å²) in [5, 5.41) is 9.93. The van der Waals surface area contributed by atoms with E-state index in [0.29, 0.717) is 18.5 Å². The zero-order chi connectivity index (χ0) is 20.8. The molecule has 0 aliphatic heterocycles. The summed E-state index contributed by atoms with van der Waals surface area (Å²) < 4.78 is 2.73. The summed E-state index contributed by atoms with van der Waals surface area (Å²) in [6, 6.07) is 17.2. The number of carbonyl (C=O) groups excluding carboxylic acids is 2. The van der Waals surface area contributed by atoms with Gasteiger partial charge in [0.15, 0.2) is 0 Å². The van der Waals surface area contributed by atoms with E-state index in [2.05, 4.69) is 31.7 Å². The quantitative estimate of drug-likeness (QED) is 0.574. The van der Waals surface area contributed by atoms with Gasteiger partial charge in [0, 0.05) is 22.3 Å².